The van der Waals surface area contributed by atoms with Gasteiger partial charge in [-0.05, 0) is 13.0 Å². The van der Waals surface area contributed by atoms with Gasteiger partial charge in [-0.2, -0.15) is 13.2 Å². The van der Waals surface area contributed by atoms with Gasteiger partial charge in [0.25, 0.3) is 5.88 Å². The van der Waals surface area contributed by atoms with Crippen molar-refractivity contribution in [3.63, 3.8) is 0 Å². The number of hydrogen-bond donors (Lipinski definition) is 0. The maximum Gasteiger partial charge on any atom is 0.574 e. The van der Waals surface area contributed by atoms with Crippen molar-refractivity contribution < 1.29 is 35.8 Å². The lowest BCUT2D eigenvalue weighted by Gasteiger charge is -2.15. The van der Waals surface area contributed by atoms with Gasteiger partial charge in [0.2, 0.25) is 0 Å². The molecule has 0 amide bonds. The Hall–Kier alpha value is -1.67. The smallest absolute Gasteiger partial charge is 0.491 e. The Labute approximate surface area is 97.3 Å². The first-order chi connectivity index (χ1) is 8.04. The van der Waals surface area contributed by atoms with Gasteiger partial charge in [0.05, 0.1) is 18.4 Å². The number of hydrogen-bond acceptors (Lipinski definition) is 3. The van der Waals surface area contributed by atoms with E-state index in [0.29, 0.717) is 6.07 Å². The van der Waals surface area contributed by atoms with Crippen LogP contribution in [-0.2, 0) is 6.18 Å². The second-order valence-corrected chi connectivity index (χ2v) is 3.17. The van der Waals surface area contributed by atoms with Crippen LogP contribution in [0, 0.1) is 6.92 Å². The van der Waals surface area contributed by atoms with Crippen LogP contribution in [-0.4, -0.2) is 18.5 Å². The van der Waals surface area contributed by atoms with E-state index in [4.69, 9.17) is 0 Å². The molecule has 102 valence electrons. The summed E-state index contributed by atoms with van der Waals surface area (Å²) in [6.45, 7) is 0.922. The predicted molar refractivity (Wildman–Crippen MR) is 47.2 cm³/mol. The van der Waals surface area contributed by atoms with Crippen molar-refractivity contribution in [2.75, 3.05) is 7.11 Å². The van der Waals surface area contributed by atoms with E-state index in [1.165, 1.54) is 0 Å². The summed E-state index contributed by atoms with van der Waals surface area (Å²) in [4.78, 5) is 3.11. The molecule has 18 heavy (non-hydrogen) atoms. The van der Waals surface area contributed by atoms with Crippen LogP contribution in [0.5, 0.6) is 11.6 Å². The molecule has 0 aliphatic rings. The van der Waals surface area contributed by atoms with Crippen LogP contribution in [0.2, 0.25) is 0 Å². The van der Waals surface area contributed by atoms with Gasteiger partial charge in [0, 0.05) is 0 Å². The van der Waals surface area contributed by atoms with Crippen molar-refractivity contribution in [3.8, 4) is 11.6 Å². The number of nitrogens with zero attached hydrogens (tertiary/aromatic N) is 1. The first-order valence-corrected chi connectivity index (χ1v) is 4.43. The van der Waals surface area contributed by atoms with Crippen molar-refractivity contribution in [2.45, 2.75) is 19.5 Å². The summed E-state index contributed by atoms with van der Waals surface area (Å²) in [6, 6.07) is 0.406. The molecule has 0 spiro atoms. The van der Waals surface area contributed by atoms with Crippen LogP contribution in [0.1, 0.15) is 11.3 Å². The van der Waals surface area contributed by atoms with Crippen LogP contribution in [0.3, 0.4) is 0 Å². The summed E-state index contributed by atoms with van der Waals surface area (Å²) in [5, 5.41) is 0. The van der Waals surface area contributed by atoms with Crippen LogP contribution in [0.4, 0.5) is 26.3 Å². The SMILES string of the molecule is COc1cc(C(F)(F)F)c(C)nc1OC(F)(F)F. The maximum atomic E-state index is 12.5. The summed E-state index contributed by atoms with van der Waals surface area (Å²) in [5.41, 5.74) is -1.82. The van der Waals surface area contributed by atoms with E-state index in [1.54, 1.807) is 0 Å². The van der Waals surface area contributed by atoms with E-state index in [1.807, 2.05) is 0 Å². The lowest BCUT2D eigenvalue weighted by atomic mass is 10.2. The number of alkyl halides is 6. The Balaban J connectivity index is 3.28. The molecule has 0 atom stereocenters. The normalized spacial score (nSPS) is 12.4. The molecule has 1 heterocycles. The fourth-order valence-corrected chi connectivity index (χ4v) is 1.18. The van der Waals surface area contributed by atoms with Crippen molar-refractivity contribution in [1.29, 1.82) is 0 Å². The van der Waals surface area contributed by atoms with Crippen LogP contribution in [0.25, 0.3) is 0 Å². The molecule has 0 saturated carbocycles. The third-order valence-corrected chi connectivity index (χ3v) is 1.88. The number of methoxy groups -OCH3 is 1. The Bertz CT molecular complexity index is 440. The highest BCUT2D eigenvalue weighted by molar-refractivity contribution is 5.40. The Kier molecular flexibility index (Phi) is 3.63. The molecule has 0 aliphatic carbocycles. The molecule has 1 aromatic rings. The van der Waals surface area contributed by atoms with Crippen LogP contribution in [0.15, 0.2) is 6.07 Å². The quantitative estimate of drug-likeness (QED) is 0.776. The highest BCUT2D eigenvalue weighted by Crippen LogP contribution is 2.38. The molecule has 0 aliphatic heterocycles. The molecular formula is C9H7F6NO2. The zero-order valence-corrected chi connectivity index (χ0v) is 9.11. The van der Waals surface area contributed by atoms with Crippen LogP contribution < -0.4 is 9.47 Å². The second-order valence-electron chi connectivity index (χ2n) is 3.17. The lowest BCUT2D eigenvalue weighted by Crippen LogP contribution is -2.19. The summed E-state index contributed by atoms with van der Waals surface area (Å²) < 4.78 is 81.2. The number of aromatic nitrogens is 1. The number of halogens is 6. The number of ether oxygens (including phenoxy) is 2. The minimum absolute atomic E-state index is 0.406. The van der Waals surface area contributed by atoms with E-state index < -0.39 is 35.4 Å². The average Bonchev–Trinajstić information content (AvgIpc) is 2.13. The monoisotopic (exact) mass is 275 g/mol. The fourth-order valence-electron chi connectivity index (χ4n) is 1.18. The van der Waals surface area contributed by atoms with Gasteiger partial charge >= 0.3 is 12.5 Å². The fraction of sp³-hybridized carbons (Fsp3) is 0.444. The molecule has 0 aromatic carbocycles. The number of rotatable bonds is 2. The number of pyridine rings is 1. The molecular weight excluding hydrogens is 268 g/mol. The minimum Gasteiger partial charge on any atom is -0.491 e. The van der Waals surface area contributed by atoms with Gasteiger partial charge in [0.15, 0.2) is 5.75 Å². The zero-order valence-electron chi connectivity index (χ0n) is 9.11. The van der Waals surface area contributed by atoms with E-state index in [0.717, 1.165) is 14.0 Å². The molecule has 1 aromatic heterocycles. The first-order valence-electron chi connectivity index (χ1n) is 4.43. The summed E-state index contributed by atoms with van der Waals surface area (Å²) in [5.74, 6) is -1.80. The van der Waals surface area contributed by atoms with Crippen molar-refractivity contribution >= 4 is 0 Å². The molecule has 0 radical (unpaired) electrons. The minimum atomic E-state index is -5.06. The van der Waals surface area contributed by atoms with E-state index in [-0.39, 0.29) is 0 Å². The van der Waals surface area contributed by atoms with Gasteiger partial charge < -0.3 is 9.47 Å². The molecule has 1 rings (SSSR count). The molecule has 9 heteroatoms. The molecule has 0 N–H and O–H groups in total. The first kappa shape index (κ1) is 14.4. The highest BCUT2D eigenvalue weighted by Gasteiger charge is 2.37. The van der Waals surface area contributed by atoms with Gasteiger partial charge in [-0.25, -0.2) is 4.98 Å². The molecule has 0 fully saturated rings. The summed E-state index contributed by atoms with van der Waals surface area (Å²) in [7, 11) is 0.912. The van der Waals surface area contributed by atoms with Gasteiger partial charge in [-0.1, -0.05) is 0 Å². The lowest BCUT2D eigenvalue weighted by molar-refractivity contribution is -0.276. The standard InChI is InChI=1S/C9H7F6NO2/c1-4-5(8(10,11)12)3-6(17-2)7(16-4)18-9(13,14)15/h3H,1-2H3. The van der Waals surface area contributed by atoms with Crippen molar-refractivity contribution in [1.82, 2.24) is 4.98 Å². The van der Waals surface area contributed by atoms with Gasteiger partial charge in [-0.3, -0.25) is 0 Å². The molecule has 0 unspecified atom stereocenters. The predicted octanol–water partition coefficient (Wildman–Crippen LogP) is 3.32. The Morgan fingerprint density at radius 1 is 1.11 bits per heavy atom. The third kappa shape index (κ3) is 3.41. The largest absolute Gasteiger partial charge is 0.574 e. The summed E-state index contributed by atoms with van der Waals surface area (Å²) >= 11 is 0. The average molecular weight is 275 g/mol. The van der Waals surface area contributed by atoms with Crippen molar-refractivity contribution in [3.05, 3.63) is 17.3 Å². The molecule has 3 nitrogen and oxygen atoms in total. The highest BCUT2D eigenvalue weighted by atomic mass is 19.4. The van der Waals surface area contributed by atoms with E-state index >= 15 is 0 Å². The van der Waals surface area contributed by atoms with Gasteiger partial charge in [0.1, 0.15) is 0 Å². The zero-order chi connectivity index (χ0) is 14.1. The number of aryl methyl sites for hydroxylation is 1. The molecule has 0 bridgehead atoms. The Morgan fingerprint density at radius 3 is 2.06 bits per heavy atom. The summed E-state index contributed by atoms with van der Waals surface area (Å²) in [6.07, 6.45) is -9.80. The van der Waals surface area contributed by atoms with E-state index in [9.17, 15) is 26.3 Å². The Morgan fingerprint density at radius 2 is 1.67 bits per heavy atom. The van der Waals surface area contributed by atoms with Crippen molar-refractivity contribution in [2.24, 2.45) is 0 Å². The molecule has 0 saturated heterocycles. The topological polar surface area (TPSA) is 31.4 Å². The second kappa shape index (κ2) is 4.54. The maximum absolute atomic E-state index is 12.5. The van der Waals surface area contributed by atoms with E-state index in [2.05, 4.69) is 14.5 Å². The van der Waals surface area contributed by atoms with Crippen LogP contribution >= 0.6 is 0 Å². The third-order valence-electron chi connectivity index (χ3n) is 1.88. The van der Waals surface area contributed by atoms with Gasteiger partial charge in [-0.15, -0.1) is 13.2 Å².